The Labute approximate surface area is 147 Å². The van der Waals surface area contributed by atoms with Crippen LogP contribution in [0.1, 0.15) is 85.5 Å². The Kier molecular flexibility index (Phi) is 9.09. The molecule has 1 amide bonds. The summed E-state index contributed by atoms with van der Waals surface area (Å²) in [6, 6.07) is -0.390. The normalized spacial score (nSPS) is 20.4. The van der Waals surface area contributed by atoms with Crippen molar-refractivity contribution in [1.82, 2.24) is 4.90 Å². The molecule has 1 unspecified atom stereocenters. The molecule has 1 fully saturated rings. The number of aliphatic hydroxyl groups excluding tert-OH is 1. The average molecular weight is 338 g/mol. The van der Waals surface area contributed by atoms with Gasteiger partial charge in [0, 0.05) is 6.54 Å². The molecule has 0 spiro atoms. The fourth-order valence-corrected chi connectivity index (χ4v) is 3.39. The van der Waals surface area contributed by atoms with Gasteiger partial charge in [0.25, 0.3) is 5.91 Å². The molecule has 0 aliphatic carbocycles. The summed E-state index contributed by atoms with van der Waals surface area (Å²) in [4.78, 5) is 26.6. The van der Waals surface area contributed by atoms with Crippen molar-refractivity contribution in [2.75, 3.05) is 6.54 Å². The number of carbonyl (C=O) groups excluding carboxylic acids is 2. The third-order valence-electron chi connectivity index (χ3n) is 4.71. The van der Waals surface area contributed by atoms with E-state index in [4.69, 9.17) is 0 Å². The second-order valence-electron chi connectivity index (χ2n) is 7.44. The van der Waals surface area contributed by atoms with Crippen molar-refractivity contribution in [3.05, 3.63) is 11.3 Å². The van der Waals surface area contributed by atoms with Gasteiger partial charge in [-0.2, -0.15) is 0 Å². The van der Waals surface area contributed by atoms with E-state index in [-0.39, 0.29) is 29.1 Å². The molecular weight excluding hydrogens is 302 g/mol. The predicted molar refractivity (Wildman–Crippen MR) is 97.9 cm³/mol. The molecule has 0 aromatic carbocycles. The van der Waals surface area contributed by atoms with Crippen molar-refractivity contribution in [2.45, 2.75) is 91.5 Å². The van der Waals surface area contributed by atoms with Crippen molar-refractivity contribution in [2.24, 2.45) is 5.92 Å². The van der Waals surface area contributed by atoms with Crippen LogP contribution < -0.4 is 0 Å². The molecule has 0 aromatic heterocycles. The smallest absolute Gasteiger partial charge is 0.261 e. The van der Waals surface area contributed by atoms with Gasteiger partial charge in [-0.1, -0.05) is 65.7 Å². The van der Waals surface area contributed by atoms with Crippen molar-refractivity contribution in [3.8, 4) is 0 Å². The highest BCUT2D eigenvalue weighted by molar-refractivity contribution is 6.26. The number of aliphatic hydroxyl groups is 1. The largest absolute Gasteiger partial charge is 0.512 e. The molecule has 0 bridgehead atoms. The first kappa shape index (κ1) is 20.7. The summed E-state index contributed by atoms with van der Waals surface area (Å²) in [5.74, 6) is -0.287. The Morgan fingerprint density at radius 3 is 2.08 bits per heavy atom. The van der Waals surface area contributed by atoms with Gasteiger partial charge in [0.15, 0.2) is 5.78 Å². The van der Waals surface area contributed by atoms with Crippen LogP contribution in [0.25, 0.3) is 0 Å². The SMILES string of the molecule is CCCCCCCCCCN1C(=O)/C(=C(\C)O)C(=O)C1CC(C)C. The van der Waals surface area contributed by atoms with Crippen molar-refractivity contribution >= 4 is 11.7 Å². The van der Waals surface area contributed by atoms with E-state index in [9.17, 15) is 14.7 Å². The first-order chi connectivity index (χ1) is 11.4. The quantitative estimate of drug-likeness (QED) is 0.255. The van der Waals surface area contributed by atoms with E-state index in [1.54, 1.807) is 4.90 Å². The van der Waals surface area contributed by atoms with Crippen LogP contribution in [-0.2, 0) is 9.59 Å². The van der Waals surface area contributed by atoms with Gasteiger partial charge < -0.3 is 10.0 Å². The van der Waals surface area contributed by atoms with Crippen LogP contribution in [0.2, 0.25) is 0 Å². The first-order valence-electron chi connectivity index (χ1n) is 9.65. The Bertz CT molecular complexity index is 450. The molecule has 1 saturated heterocycles. The number of hydrogen-bond donors (Lipinski definition) is 1. The Hall–Kier alpha value is -1.32. The van der Waals surface area contributed by atoms with Gasteiger partial charge >= 0.3 is 0 Å². The van der Waals surface area contributed by atoms with Gasteiger partial charge in [-0.3, -0.25) is 9.59 Å². The van der Waals surface area contributed by atoms with E-state index in [1.807, 2.05) is 0 Å². The van der Waals surface area contributed by atoms with Crippen LogP contribution in [0, 0.1) is 5.92 Å². The number of ketones is 1. The van der Waals surface area contributed by atoms with Gasteiger partial charge in [0.2, 0.25) is 0 Å². The molecule has 1 atom stereocenters. The summed E-state index contributed by atoms with van der Waals surface area (Å²) in [5.41, 5.74) is 0.000200. The maximum atomic E-state index is 12.5. The highest BCUT2D eigenvalue weighted by Crippen LogP contribution is 2.27. The molecule has 1 aliphatic heterocycles. The van der Waals surface area contributed by atoms with Gasteiger partial charge in [-0.05, 0) is 25.7 Å². The van der Waals surface area contributed by atoms with E-state index in [2.05, 4.69) is 20.8 Å². The van der Waals surface area contributed by atoms with Crippen LogP contribution in [-0.4, -0.2) is 34.3 Å². The lowest BCUT2D eigenvalue weighted by molar-refractivity contribution is -0.127. The van der Waals surface area contributed by atoms with E-state index in [0.29, 0.717) is 18.9 Å². The third-order valence-corrected chi connectivity index (χ3v) is 4.71. The summed E-state index contributed by atoms with van der Waals surface area (Å²) in [6.07, 6.45) is 10.3. The number of rotatable bonds is 11. The maximum absolute atomic E-state index is 12.5. The minimum absolute atomic E-state index is 0.000200. The van der Waals surface area contributed by atoms with Gasteiger partial charge in [0.1, 0.15) is 11.3 Å². The maximum Gasteiger partial charge on any atom is 0.261 e. The fourth-order valence-electron chi connectivity index (χ4n) is 3.39. The summed E-state index contributed by atoms with van der Waals surface area (Å²) in [6.45, 7) is 8.38. The minimum atomic E-state index is -0.390. The second kappa shape index (κ2) is 10.5. The zero-order chi connectivity index (χ0) is 18.1. The molecule has 1 aliphatic rings. The number of likely N-dealkylation sites (tertiary alicyclic amines) is 1. The van der Waals surface area contributed by atoms with Gasteiger partial charge in [-0.25, -0.2) is 0 Å². The highest BCUT2D eigenvalue weighted by Gasteiger charge is 2.44. The number of unbranched alkanes of at least 4 members (excludes halogenated alkanes) is 7. The second-order valence-corrected chi connectivity index (χ2v) is 7.44. The van der Waals surface area contributed by atoms with Gasteiger partial charge in [-0.15, -0.1) is 0 Å². The number of amides is 1. The van der Waals surface area contributed by atoms with E-state index in [0.717, 1.165) is 12.8 Å². The zero-order valence-electron chi connectivity index (χ0n) is 15.9. The Morgan fingerprint density at radius 1 is 1.04 bits per heavy atom. The number of carbonyl (C=O) groups is 2. The lowest BCUT2D eigenvalue weighted by Gasteiger charge is -2.24. The van der Waals surface area contributed by atoms with Crippen LogP contribution in [0.4, 0.5) is 0 Å². The van der Waals surface area contributed by atoms with Crippen LogP contribution in [0.3, 0.4) is 0 Å². The van der Waals surface area contributed by atoms with E-state index < -0.39 is 0 Å². The number of allylic oxidation sites excluding steroid dienone is 1. The predicted octanol–water partition coefficient (Wildman–Crippen LogP) is 4.79. The molecule has 1 heterocycles. The molecular formula is C20H35NO3. The van der Waals surface area contributed by atoms with Gasteiger partial charge in [0.05, 0.1) is 6.04 Å². The first-order valence-corrected chi connectivity index (χ1v) is 9.65. The summed E-state index contributed by atoms with van der Waals surface area (Å²) in [5, 5.41) is 9.69. The molecule has 138 valence electrons. The highest BCUT2D eigenvalue weighted by atomic mass is 16.3. The molecule has 24 heavy (non-hydrogen) atoms. The average Bonchev–Trinajstić information content (AvgIpc) is 2.73. The Morgan fingerprint density at radius 2 is 1.58 bits per heavy atom. The van der Waals surface area contributed by atoms with Crippen LogP contribution in [0.15, 0.2) is 11.3 Å². The van der Waals surface area contributed by atoms with Crippen molar-refractivity contribution in [3.63, 3.8) is 0 Å². The Balaban J connectivity index is 2.50. The molecule has 0 radical (unpaired) electrons. The third kappa shape index (κ3) is 5.95. The van der Waals surface area contributed by atoms with Crippen LogP contribution in [0.5, 0.6) is 0 Å². The molecule has 4 heteroatoms. The van der Waals surface area contributed by atoms with Crippen molar-refractivity contribution in [1.29, 1.82) is 0 Å². The minimum Gasteiger partial charge on any atom is -0.512 e. The summed E-state index contributed by atoms with van der Waals surface area (Å²) < 4.78 is 0. The number of Topliss-reactive ketones (excluding diaryl/α,β-unsaturated/α-hetero) is 1. The van der Waals surface area contributed by atoms with E-state index >= 15 is 0 Å². The summed E-state index contributed by atoms with van der Waals surface area (Å²) >= 11 is 0. The van der Waals surface area contributed by atoms with Crippen molar-refractivity contribution < 1.29 is 14.7 Å². The lowest BCUT2D eigenvalue weighted by atomic mass is 9.99. The topological polar surface area (TPSA) is 57.6 Å². The standard InChI is InChI=1S/C20H35NO3/c1-5-6-7-8-9-10-11-12-13-21-17(14-15(2)3)19(23)18(16(4)22)20(21)24/h15,17,22H,5-14H2,1-4H3/b18-16+. The number of nitrogens with zero attached hydrogens (tertiary/aromatic N) is 1. The molecule has 4 nitrogen and oxygen atoms in total. The summed E-state index contributed by atoms with van der Waals surface area (Å²) in [7, 11) is 0. The van der Waals surface area contributed by atoms with Crippen LogP contribution >= 0.6 is 0 Å². The lowest BCUT2D eigenvalue weighted by Crippen LogP contribution is -2.37. The monoisotopic (exact) mass is 337 g/mol. The number of hydrogen-bond acceptors (Lipinski definition) is 3. The molecule has 0 aromatic rings. The molecule has 0 saturated carbocycles. The molecule has 1 N–H and O–H groups in total. The molecule has 1 rings (SSSR count). The zero-order valence-corrected chi connectivity index (χ0v) is 15.9. The fraction of sp³-hybridized carbons (Fsp3) is 0.800. The van der Waals surface area contributed by atoms with E-state index in [1.165, 1.54) is 45.4 Å².